The zero-order valence-corrected chi connectivity index (χ0v) is 19.7. The third-order valence-corrected chi connectivity index (χ3v) is 6.43. The van der Waals surface area contributed by atoms with Gasteiger partial charge in [-0.2, -0.15) is 0 Å². The van der Waals surface area contributed by atoms with Crippen LogP contribution < -0.4 is 4.90 Å². The van der Waals surface area contributed by atoms with Crippen LogP contribution in [0.3, 0.4) is 0 Å². The Labute approximate surface area is 199 Å². The van der Waals surface area contributed by atoms with Crippen molar-refractivity contribution in [1.29, 1.82) is 0 Å². The molecule has 2 amide bonds. The molecular weight excluding hydrogens is 430 g/mol. The maximum absolute atomic E-state index is 14.2. The fraction of sp³-hybridized carbons (Fsp3) is 0.296. The number of anilines is 1. The first-order valence-corrected chi connectivity index (χ1v) is 11.3. The van der Waals surface area contributed by atoms with Gasteiger partial charge in [-0.1, -0.05) is 54.1 Å². The van der Waals surface area contributed by atoms with Crippen LogP contribution in [-0.2, 0) is 19.9 Å². The number of hydrogen-bond acceptors (Lipinski definition) is 5. The number of amides is 2. The van der Waals surface area contributed by atoms with E-state index in [0.29, 0.717) is 29.8 Å². The van der Waals surface area contributed by atoms with Crippen LogP contribution in [0.2, 0.25) is 0 Å². The normalized spacial score (nSPS) is 21.1. The highest BCUT2D eigenvalue weighted by Gasteiger charge is 2.66. The van der Waals surface area contributed by atoms with Gasteiger partial charge in [0.05, 0.1) is 11.3 Å². The zero-order chi connectivity index (χ0) is 24.6. The molecule has 0 bridgehead atoms. The van der Waals surface area contributed by atoms with E-state index in [1.54, 1.807) is 42.5 Å². The van der Waals surface area contributed by atoms with Crippen molar-refractivity contribution in [3.05, 3.63) is 83.4 Å². The van der Waals surface area contributed by atoms with E-state index < -0.39 is 23.1 Å². The Morgan fingerprint density at radius 1 is 1.09 bits per heavy atom. The third-order valence-electron chi connectivity index (χ3n) is 6.43. The Hall–Kier alpha value is -3.71. The average Bonchev–Trinajstić information content (AvgIpc) is 3.18. The maximum atomic E-state index is 14.2. The molecule has 1 unspecified atom stereocenters. The Bertz CT molecular complexity index is 1200. The summed E-state index contributed by atoms with van der Waals surface area (Å²) in [6, 6.07) is 14.1. The second-order valence-corrected chi connectivity index (χ2v) is 8.96. The minimum Gasteiger partial charge on any atom is -0.507 e. The number of rotatable bonds is 7. The van der Waals surface area contributed by atoms with Crippen LogP contribution in [-0.4, -0.2) is 66.2 Å². The van der Waals surface area contributed by atoms with Gasteiger partial charge in [0, 0.05) is 24.2 Å². The summed E-state index contributed by atoms with van der Waals surface area (Å²) in [6.07, 6.45) is 2.16. The summed E-state index contributed by atoms with van der Waals surface area (Å²) < 4.78 is 0. The van der Waals surface area contributed by atoms with E-state index in [4.69, 9.17) is 0 Å². The molecule has 7 nitrogen and oxygen atoms in total. The number of carbonyl (C=O) groups is 3. The molecule has 2 aliphatic heterocycles. The highest BCUT2D eigenvalue weighted by atomic mass is 16.3. The molecule has 0 aromatic heterocycles. The molecule has 34 heavy (non-hydrogen) atoms. The predicted molar refractivity (Wildman–Crippen MR) is 131 cm³/mol. The van der Waals surface area contributed by atoms with Crippen molar-refractivity contribution in [3.63, 3.8) is 0 Å². The number of Topliss-reactive ketones (excluding diaryl/α,β-unsaturated/α-hetero) is 1. The maximum Gasteiger partial charge on any atom is 0.296 e. The van der Waals surface area contributed by atoms with Gasteiger partial charge in [0.1, 0.15) is 5.76 Å². The number of ketones is 1. The lowest BCUT2D eigenvalue weighted by atomic mass is 9.81. The smallest absolute Gasteiger partial charge is 0.296 e. The molecule has 7 heteroatoms. The van der Waals surface area contributed by atoms with Crippen LogP contribution in [0.1, 0.15) is 23.1 Å². The topological polar surface area (TPSA) is 81.2 Å². The summed E-state index contributed by atoms with van der Waals surface area (Å²) >= 11 is 0. The first-order chi connectivity index (χ1) is 16.2. The zero-order valence-electron chi connectivity index (χ0n) is 19.7. The van der Waals surface area contributed by atoms with Crippen molar-refractivity contribution in [3.8, 4) is 0 Å². The second kappa shape index (κ2) is 8.91. The molecule has 2 aliphatic rings. The van der Waals surface area contributed by atoms with Gasteiger partial charge in [-0.25, -0.2) is 0 Å². The van der Waals surface area contributed by atoms with Crippen molar-refractivity contribution in [2.75, 3.05) is 38.6 Å². The fourth-order valence-corrected chi connectivity index (χ4v) is 4.88. The molecule has 1 atom stereocenters. The van der Waals surface area contributed by atoms with E-state index in [-0.39, 0.29) is 24.4 Å². The van der Waals surface area contributed by atoms with Crippen LogP contribution in [0.5, 0.6) is 0 Å². The van der Waals surface area contributed by atoms with Crippen LogP contribution in [0.15, 0.2) is 66.8 Å². The van der Waals surface area contributed by atoms with Gasteiger partial charge in [-0.3, -0.25) is 14.4 Å². The number of aliphatic hydroxyl groups excluding tert-OH is 1. The Morgan fingerprint density at radius 2 is 1.76 bits per heavy atom. The van der Waals surface area contributed by atoms with E-state index in [1.807, 2.05) is 38.1 Å². The number of likely N-dealkylation sites (tertiary alicyclic amines) is 1. The van der Waals surface area contributed by atoms with Gasteiger partial charge in [0.2, 0.25) is 0 Å². The van der Waals surface area contributed by atoms with Gasteiger partial charge < -0.3 is 19.8 Å². The highest BCUT2D eigenvalue weighted by molar-refractivity contribution is 6.50. The molecule has 1 saturated heterocycles. The molecule has 2 aromatic carbocycles. The minimum atomic E-state index is -1.73. The summed E-state index contributed by atoms with van der Waals surface area (Å²) in [5.41, 5.74) is 0.560. The van der Waals surface area contributed by atoms with Crippen molar-refractivity contribution >= 4 is 29.0 Å². The lowest BCUT2D eigenvalue weighted by Gasteiger charge is -2.34. The van der Waals surface area contributed by atoms with Crippen molar-refractivity contribution < 1.29 is 19.5 Å². The number of para-hydroxylation sites is 1. The van der Waals surface area contributed by atoms with E-state index in [9.17, 15) is 19.5 Å². The quantitative estimate of drug-likeness (QED) is 0.298. The Kier molecular flexibility index (Phi) is 6.15. The predicted octanol–water partition coefficient (Wildman–Crippen LogP) is 3.06. The molecule has 2 aromatic rings. The van der Waals surface area contributed by atoms with Gasteiger partial charge >= 0.3 is 0 Å². The second-order valence-electron chi connectivity index (χ2n) is 8.96. The van der Waals surface area contributed by atoms with Gasteiger partial charge in [0.15, 0.2) is 5.54 Å². The first kappa shape index (κ1) is 23.4. The Morgan fingerprint density at radius 3 is 2.41 bits per heavy atom. The van der Waals surface area contributed by atoms with Gasteiger partial charge in [0.25, 0.3) is 17.6 Å². The molecule has 1 fully saturated rings. The van der Waals surface area contributed by atoms with Gasteiger partial charge in [-0.15, -0.1) is 6.58 Å². The summed E-state index contributed by atoms with van der Waals surface area (Å²) in [7, 11) is 3.84. The third kappa shape index (κ3) is 3.44. The number of fused-ring (bicyclic) bond motifs is 2. The molecule has 0 aliphatic carbocycles. The standard InChI is InChI=1S/C27H29N3O4/c1-5-15-29-21-10-7-6-9-20(21)27(26(29)34)22(23(31)19-13-11-18(2)12-14-19)24(32)25(33)30(27)17-8-16-28(3)4/h5-7,9-14,31H,1,8,15-17H2,2-4H3/b23-22-. The number of aryl methyl sites for hydroxylation is 1. The van der Waals surface area contributed by atoms with Crippen molar-refractivity contribution in [1.82, 2.24) is 9.80 Å². The van der Waals surface area contributed by atoms with Crippen LogP contribution >= 0.6 is 0 Å². The first-order valence-electron chi connectivity index (χ1n) is 11.3. The van der Waals surface area contributed by atoms with Crippen LogP contribution in [0, 0.1) is 6.92 Å². The molecule has 1 spiro atoms. The molecular formula is C27H29N3O4. The van der Waals surface area contributed by atoms with Crippen molar-refractivity contribution in [2.45, 2.75) is 18.9 Å². The summed E-state index contributed by atoms with van der Waals surface area (Å²) in [5, 5.41) is 11.4. The summed E-state index contributed by atoms with van der Waals surface area (Å²) in [4.78, 5) is 45.9. The number of nitrogens with zero attached hydrogens (tertiary/aromatic N) is 3. The number of carbonyl (C=O) groups excluding carboxylic acids is 3. The molecule has 2 heterocycles. The van der Waals surface area contributed by atoms with E-state index in [1.165, 1.54) is 9.80 Å². The SMILES string of the molecule is C=CCN1C(=O)C2(/C(=C(\O)c3ccc(C)cc3)C(=O)C(=O)N2CCCN(C)C)c2ccccc21. The largest absolute Gasteiger partial charge is 0.507 e. The van der Waals surface area contributed by atoms with Crippen LogP contribution in [0.4, 0.5) is 5.69 Å². The van der Waals surface area contributed by atoms with E-state index >= 15 is 0 Å². The molecule has 0 saturated carbocycles. The minimum absolute atomic E-state index is 0.185. The molecule has 176 valence electrons. The number of hydrogen-bond donors (Lipinski definition) is 1. The molecule has 0 radical (unpaired) electrons. The molecule has 1 N–H and O–H groups in total. The average molecular weight is 460 g/mol. The van der Waals surface area contributed by atoms with E-state index in [2.05, 4.69) is 6.58 Å². The highest BCUT2D eigenvalue weighted by Crippen LogP contribution is 2.53. The number of benzene rings is 2. The fourth-order valence-electron chi connectivity index (χ4n) is 4.88. The van der Waals surface area contributed by atoms with E-state index in [0.717, 1.165) is 5.56 Å². The Balaban J connectivity index is 2.00. The van der Waals surface area contributed by atoms with Gasteiger partial charge in [-0.05, 0) is 40.1 Å². The molecule has 4 rings (SSSR count). The lowest BCUT2D eigenvalue weighted by Crippen LogP contribution is -2.52. The summed E-state index contributed by atoms with van der Waals surface area (Å²) in [5.74, 6) is -2.43. The van der Waals surface area contributed by atoms with Crippen molar-refractivity contribution in [2.24, 2.45) is 0 Å². The summed E-state index contributed by atoms with van der Waals surface area (Å²) in [6.45, 7) is 6.75. The lowest BCUT2D eigenvalue weighted by molar-refractivity contribution is -0.143. The monoisotopic (exact) mass is 459 g/mol. The van der Waals surface area contributed by atoms with Crippen LogP contribution in [0.25, 0.3) is 5.76 Å². The number of aliphatic hydroxyl groups is 1.